The van der Waals surface area contributed by atoms with E-state index < -0.39 is 0 Å². The minimum Gasteiger partial charge on any atom is -0.181 e. The van der Waals surface area contributed by atoms with E-state index in [1.165, 1.54) is 6.04 Å². The molecule has 0 fully saturated rings. The fraction of sp³-hybridized carbons (Fsp3) is 1.00. The lowest BCUT2D eigenvalue weighted by atomic mass is 11.0. The van der Waals surface area contributed by atoms with Crippen molar-refractivity contribution in [1.82, 2.24) is 0 Å². The molecule has 0 nitrogen and oxygen atoms in total. The zero-order chi connectivity index (χ0) is 4.83. The average molecular weight is 155 g/mol. The third kappa shape index (κ3) is 4.94. The molecule has 6 heavy (non-hydrogen) atoms. The molecule has 0 radical (unpaired) electrons. The van der Waals surface area contributed by atoms with Crippen LogP contribution in [0.2, 0.25) is 6.04 Å². The van der Waals surface area contributed by atoms with E-state index in [0.29, 0.717) is 17.6 Å². The monoisotopic (exact) mass is 154 g/mol. The summed E-state index contributed by atoms with van der Waals surface area (Å²) in [7, 11) is 1.03. The summed E-state index contributed by atoms with van der Waals surface area (Å²) in [5.41, 5.74) is 0. The van der Waals surface area contributed by atoms with Crippen molar-refractivity contribution < 1.29 is 0 Å². The Kier molecular flexibility index (Phi) is 6.87. The highest BCUT2D eigenvalue weighted by Crippen LogP contribution is 1.70. The van der Waals surface area contributed by atoms with E-state index in [9.17, 15) is 0 Å². The van der Waals surface area contributed by atoms with Gasteiger partial charge in [-0.05, 0) is 0 Å². The summed E-state index contributed by atoms with van der Waals surface area (Å²) in [6.45, 7) is 2.29. The van der Waals surface area contributed by atoms with Crippen LogP contribution in [-0.2, 0) is 0 Å². The minimum atomic E-state index is 0.0758. The Morgan fingerprint density at radius 2 is 2.33 bits per heavy atom. The lowest BCUT2D eigenvalue weighted by molar-refractivity contribution is 1.47. The van der Waals surface area contributed by atoms with Gasteiger partial charge in [0.15, 0.2) is 0 Å². The summed E-state index contributed by atoms with van der Waals surface area (Å²) >= 11 is 5.62. The first-order valence-electron chi connectivity index (χ1n) is 2.47. The Labute approximate surface area is 50.4 Å². The molecule has 0 aromatic carbocycles. The van der Waals surface area contributed by atoms with Gasteiger partial charge in [-0.25, -0.2) is 0 Å². The van der Waals surface area contributed by atoms with Crippen LogP contribution in [0.3, 0.4) is 0 Å². The summed E-state index contributed by atoms with van der Waals surface area (Å²) in [6, 6.07) is 1.51. The van der Waals surface area contributed by atoms with Crippen LogP contribution in [0.1, 0.15) is 6.92 Å². The highest BCUT2D eigenvalue weighted by molar-refractivity contribution is 7.42. The third-order valence-corrected chi connectivity index (χ3v) is 20.8. The number of hydrogen-bond acceptors (Lipinski definition) is 0. The van der Waals surface area contributed by atoms with Gasteiger partial charge in [0.25, 0.3) is 0 Å². The third-order valence-electron chi connectivity index (χ3n) is 0.737. The maximum atomic E-state index is 5.62. The molecule has 38 valence electrons. The smallest absolute Gasteiger partial charge is 0.107 e. The molecule has 0 unspecified atom stereocenters. The Balaban J connectivity index is 2.34. The van der Waals surface area contributed by atoms with E-state index in [-0.39, 0.29) is 8.35 Å². The second-order valence-electron chi connectivity index (χ2n) is 1.40. The SMILES string of the molecule is CC[SiH2][SiH2][SiH2]Cl. The van der Waals surface area contributed by atoms with Crippen LogP contribution in [0, 0.1) is 0 Å². The molecule has 0 aliphatic heterocycles. The quantitative estimate of drug-likeness (QED) is 0.276. The normalized spacial score (nSPS) is 15.0. The first-order valence-corrected chi connectivity index (χ1v) is 13.6. The zero-order valence-corrected chi connectivity index (χ0v) is 9.20. The molecule has 0 aliphatic carbocycles. The van der Waals surface area contributed by atoms with Crippen molar-refractivity contribution in [1.29, 1.82) is 0 Å². The van der Waals surface area contributed by atoms with Crippen LogP contribution in [-0.4, -0.2) is 25.9 Å². The van der Waals surface area contributed by atoms with Crippen molar-refractivity contribution in [2.45, 2.75) is 13.0 Å². The molecule has 0 aromatic heterocycles. The molecule has 0 heterocycles. The predicted octanol–water partition coefficient (Wildman–Crippen LogP) is -1.09. The standard InChI is InChI=1S/C2H11ClSi3/c1-2-4-6-5-3/h2,4-6H2,1H3. The first-order chi connectivity index (χ1) is 2.91. The average Bonchev–Trinajstić information content (AvgIpc) is 1.61. The topological polar surface area (TPSA) is 0 Å². The van der Waals surface area contributed by atoms with Gasteiger partial charge in [0.2, 0.25) is 0 Å². The van der Waals surface area contributed by atoms with Gasteiger partial charge < -0.3 is 0 Å². The van der Waals surface area contributed by atoms with E-state index in [0.717, 1.165) is 0 Å². The second kappa shape index (κ2) is 5.94. The summed E-state index contributed by atoms with van der Waals surface area (Å²) in [4.78, 5) is 0. The lowest BCUT2D eigenvalue weighted by Gasteiger charge is -1.81. The van der Waals surface area contributed by atoms with Crippen molar-refractivity contribution in [3.8, 4) is 0 Å². The summed E-state index contributed by atoms with van der Waals surface area (Å²) in [6.07, 6.45) is 0. The van der Waals surface area contributed by atoms with Gasteiger partial charge >= 0.3 is 0 Å². The number of halogens is 1. The molecular formula is C2H11ClSi3. The Morgan fingerprint density at radius 3 is 2.50 bits per heavy atom. The van der Waals surface area contributed by atoms with E-state index in [2.05, 4.69) is 6.92 Å². The zero-order valence-electron chi connectivity index (χ0n) is 4.21. The van der Waals surface area contributed by atoms with Crippen LogP contribution >= 0.6 is 11.1 Å². The molecule has 0 saturated carbocycles. The van der Waals surface area contributed by atoms with Gasteiger partial charge in [0.1, 0.15) is 8.35 Å². The maximum Gasteiger partial charge on any atom is 0.107 e. The molecule has 0 atom stereocenters. The van der Waals surface area contributed by atoms with Crippen LogP contribution in [0.5, 0.6) is 0 Å². The van der Waals surface area contributed by atoms with Gasteiger partial charge in [-0.3, -0.25) is 0 Å². The molecule has 0 aromatic rings. The largest absolute Gasteiger partial charge is 0.181 e. The van der Waals surface area contributed by atoms with E-state index in [1.807, 2.05) is 0 Å². The summed E-state index contributed by atoms with van der Waals surface area (Å²) < 4.78 is 0. The second-order valence-corrected chi connectivity index (χ2v) is 19.3. The molecule has 0 saturated heterocycles. The number of hydrogen-bond donors (Lipinski definition) is 0. The van der Waals surface area contributed by atoms with Crippen LogP contribution in [0.4, 0.5) is 0 Å². The maximum absolute atomic E-state index is 5.62. The van der Waals surface area contributed by atoms with Gasteiger partial charge in [0, 0.05) is 17.6 Å². The molecule has 0 bridgehead atoms. The fourth-order valence-corrected chi connectivity index (χ4v) is 14.4. The van der Waals surface area contributed by atoms with Gasteiger partial charge in [-0.2, -0.15) is 11.1 Å². The molecule has 0 rings (SSSR count). The molecule has 0 aliphatic rings. The van der Waals surface area contributed by atoms with Crippen molar-refractivity contribution in [2.24, 2.45) is 0 Å². The predicted molar refractivity (Wildman–Crippen MR) is 42.0 cm³/mol. The molecular weight excluding hydrogens is 144 g/mol. The fourth-order valence-electron chi connectivity index (χ4n) is 0.344. The van der Waals surface area contributed by atoms with Gasteiger partial charge in [0.05, 0.1) is 0 Å². The van der Waals surface area contributed by atoms with Crippen molar-refractivity contribution in [2.75, 3.05) is 0 Å². The van der Waals surface area contributed by atoms with Gasteiger partial charge in [-0.1, -0.05) is 13.0 Å². The van der Waals surface area contributed by atoms with Crippen molar-refractivity contribution in [3.05, 3.63) is 0 Å². The molecule has 4 heteroatoms. The Morgan fingerprint density at radius 1 is 1.67 bits per heavy atom. The first kappa shape index (κ1) is 6.94. The van der Waals surface area contributed by atoms with E-state index >= 15 is 0 Å². The minimum absolute atomic E-state index is 0.0758. The van der Waals surface area contributed by atoms with Crippen molar-refractivity contribution >= 4 is 37.0 Å². The molecule has 0 N–H and O–H groups in total. The van der Waals surface area contributed by atoms with E-state index in [4.69, 9.17) is 11.1 Å². The molecule has 0 amide bonds. The number of rotatable bonds is 3. The Bertz CT molecular complexity index is 20.8. The lowest BCUT2D eigenvalue weighted by Crippen LogP contribution is -2.05. The molecule has 0 spiro atoms. The van der Waals surface area contributed by atoms with Crippen LogP contribution < -0.4 is 0 Å². The highest BCUT2D eigenvalue weighted by atomic mass is 35.6. The summed E-state index contributed by atoms with van der Waals surface area (Å²) in [5, 5.41) is 0. The van der Waals surface area contributed by atoms with Crippen LogP contribution in [0.25, 0.3) is 0 Å². The Hall–Kier alpha value is 0.941. The van der Waals surface area contributed by atoms with Crippen molar-refractivity contribution in [3.63, 3.8) is 0 Å². The highest BCUT2D eigenvalue weighted by Gasteiger charge is 1.81. The van der Waals surface area contributed by atoms with E-state index in [1.54, 1.807) is 0 Å². The van der Waals surface area contributed by atoms with Gasteiger partial charge in [-0.15, -0.1) is 0 Å². The van der Waals surface area contributed by atoms with Crippen LogP contribution in [0.15, 0.2) is 0 Å². The summed E-state index contributed by atoms with van der Waals surface area (Å²) in [5.74, 6) is 0.